The SMILES string of the molecule is CCC(NC(CC)N(CC)CC)N(CC)CC. The summed E-state index contributed by atoms with van der Waals surface area (Å²) in [6, 6.07) is 0. The van der Waals surface area contributed by atoms with Crippen LogP contribution in [0.5, 0.6) is 0 Å². The summed E-state index contributed by atoms with van der Waals surface area (Å²) in [5.41, 5.74) is 0. The molecule has 2 atom stereocenters. The molecule has 104 valence electrons. The summed E-state index contributed by atoms with van der Waals surface area (Å²) in [6.07, 6.45) is 3.35. The van der Waals surface area contributed by atoms with E-state index in [0.29, 0.717) is 12.3 Å². The lowest BCUT2D eigenvalue weighted by molar-refractivity contribution is 0.0958. The number of rotatable bonds is 10. The Kier molecular flexibility index (Phi) is 9.79. The van der Waals surface area contributed by atoms with Crippen LogP contribution in [0.2, 0.25) is 0 Å². The van der Waals surface area contributed by atoms with Crippen molar-refractivity contribution in [1.29, 1.82) is 0 Å². The fraction of sp³-hybridized carbons (Fsp3) is 1.00. The molecule has 0 aromatic rings. The molecule has 0 radical (unpaired) electrons. The Labute approximate surface area is 109 Å². The molecule has 17 heavy (non-hydrogen) atoms. The van der Waals surface area contributed by atoms with Gasteiger partial charge in [-0.25, -0.2) is 0 Å². The molecule has 1 N–H and O–H groups in total. The van der Waals surface area contributed by atoms with Crippen LogP contribution in [0.3, 0.4) is 0 Å². The molecule has 0 saturated heterocycles. The van der Waals surface area contributed by atoms with E-state index in [2.05, 4.69) is 56.7 Å². The van der Waals surface area contributed by atoms with E-state index in [1.807, 2.05) is 0 Å². The topological polar surface area (TPSA) is 18.5 Å². The summed E-state index contributed by atoms with van der Waals surface area (Å²) in [6.45, 7) is 18.0. The molecule has 0 aliphatic rings. The number of nitrogens with one attached hydrogen (secondary N) is 1. The van der Waals surface area contributed by atoms with Gasteiger partial charge in [0.2, 0.25) is 0 Å². The molecule has 2 unspecified atom stereocenters. The van der Waals surface area contributed by atoms with Crippen molar-refractivity contribution >= 4 is 0 Å². The molecule has 3 nitrogen and oxygen atoms in total. The number of hydrogen-bond donors (Lipinski definition) is 1. The van der Waals surface area contributed by atoms with Gasteiger partial charge in [-0.05, 0) is 39.0 Å². The van der Waals surface area contributed by atoms with E-state index in [1.165, 1.54) is 12.8 Å². The normalized spacial score (nSPS) is 15.5. The minimum Gasteiger partial charge on any atom is -0.289 e. The Morgan fingerprint density at radius 3 is 1.12 bits per heavy atom. The molecule has 0 bridgehead atoms. The molecule has 0 rings (SSSR count). The van der Waals surface area contributed by atoms with E-state index in [4.69, 9.17) is 0 Å². The summed E-state index contributed by atoms with van der Waals surface area (Å²) in [5.74, 6) is 0. The van der Waals surface area contributed by atoms with E-state index in [9.17, 15) is 0 Å². The van der Waals surface area contributed by atoms with E-state index in [1.54, 1.807) is 0 Å². The highest BCUT2D eigenvalue weighted by Gasteiger charge is 2.20. The minimum absolute atomic E-state index is 0.510. The van der Waals surface area contributed by atoms with Crippen molar-refractivity contribution in [3.05, 3.63) is 0 Å². The van der Waals surface area contributed by atoms with Crippen molar-refractivity contribution in [2.24, 2.45) is 0 Å². The van der Waals surface area contributed by atoms with Gasteiger partial charge in [0.1, 0.15) is 0 Å². The molecule has 3 heteroatoms. The zero-order valence-corrected chi connectivity index (χ0v) is 12.8. The van der Waals surface area contributed by atoms with Crippen LogP contribution in [-0.2, 0) is 0 Å². The van der Waals surface area contributed by atoms with E-state index in [0.717, 1.165) is 26.2 Å². The lowest BCUT2D eigenvalue weighted by atomic mass is 10.2. The smallest absolute Gasteiger partial charge is 0.0606 e. The second kappa shape index (κ2) is 9.86. The first-order valence-corrected chi connectivity index (χ1v) is 7.42. The Bertz CT molecular complexity index is 147. The molecular formula is C14H33N3. The average molecular weight is 243 g/mol. The largest absolute Gasteiger partial charge is 0.289 e. The van der Waals surface area contributed by atoms with E-state index in [-0.39, 0.29) is 0 Å². The highest BCUT2D eigenvalue weighted by molar-refractivity contribution is 4.73. The molecule has 0 fully saturated rings. The molecule has 0 amide bonds. The van der Waals surface area contributed by atoms with Gasteiger partial charge < -0.3 is 0 Å². The maximum atomic E-state index is 3.81. The molecule has 0 aromatic carbocycles. The molecule has 0 spiro atoms. The van der Waals surface area contributed by atoms with Crippen molar-refractivity contribution in [1.82, 2.24) is 15.1 Å². The second-order valence-electron chi connectivity index (χ2n) is 4.46. The second-order valence-corrected chi connectivity index (χ2v) is 4.46. The van der Waals surface area contributed by atoms with Crippen LogP contribution in [0.4, 0.5) is 0 Å². The van der Waals surface area contributed by atoms with Gasteiger partial charge in [0, 0.05) is 0 Å². The average Bonchev–Trinajstić information content (AvgIpc) is 2.37. The summed E-state index contributed by atoms with van der Waals surface area (Å²) in [4.78, 5) is 5.01. The maximum Gasteiger partial charge on any atom is 0.0606 e. The van der Waals surface area contributed by atoms with Crippen molar-refractivity contribution in [2.45, 2.75) is 66.7 Å². The highest BCUT2D eigenvalue weighted by atomic mass is 15.3. The predicted molar refractivity (Wildman–Crippen MR) is 77.1 cm³/mol. The Morgan fingerprint density at radius 2 is 0.941 bits per heavy atom. The lowest BCUT2D eigenvalue weighted by Crippen LogP contribution is -2.55. The Morgan fingerprint density at radius 1 is 0.647 bits per heavy atom. The third-order valence-corrected chi connectivity index (χ3v) is 3.66. The molecule has 0 aliphatic carbocycles. The Hall–Kier alpha value is -0.120. The predicted octanol–water partition coefficient (Wildman–Crippen LogP) is 2.73. The van der Waals surface area contributed by atoms with Crippen LogP contribution in [0, 0.1) is 0 Å². The zero-order chi connectivity index (χ0) is 13.3. The third-order valence-electron chi connectivity index (χ3n) is 3.66. The minimum atomic E-state index is 0.510. The van der Waals surface area contributed by atoms with Crippen molar-refractivity contribution in [2.75, 3.05) is 26.2 Å². The molecule has 0 aromatic heterocycles. The van der Waals surface area contributed by atoms with Gasteiger partial charge in [0.05, 0.1) is 12.3 Å². The van der Waals surface area contributed by atoms with Crippen molar-refractivity contribution in [3.63, 3.8) is 0 Å². The van der Waals surface area contributed by atoms with Crippen LogP contribution >= 0.6 is 0 Å². The first-order valence-electron chi connectivity index (χ1n) is 7.42. The summed E-state index contributed by atoms with van der Waals surface area (Å²) in [7, 11) is 0. The molecule has 0 aliphatic heterocycles. The first kappa shape index (κ1) is 16.9. The summed E-state index contributed by atoms with van der Waals surface area (Å²) >= 11 is 0. The van der Waals surface area contributed by atoms with E-state index >= 15 is 0 Å². The fourth-order valence-corrected chi connectivity index (χ4v) is 2.51. The van der Waals surface area contributed by atoms with Gasteiger partial charge in [0.25, 0.3) is 0 Å². The number of nitrogens with zero attached hydrogens (tertiary/aromatic N) is 2. The van der Waals surface area contributed by atoms with Gasteiger partial charge in [-0.15, -0.1) is 0 Å². The van der Waals surface area contributed by atoms with Crippen molar-refractivity contribution < 1.29 is 0 Å². The lowest BCUT2D eigenvalue weighted by Gasteiger charge is -2.37. The van der Waals surface area contributed by atoms with Gasteiger partial charge >= 0.3 is 0 Å². The van der Waals surface area contributed by atoms with Gasteiger partial charge in [-0.1, -0.05) is 41.5 Å². The van der Waals surface area contributed by atoms with Gasteiger partial charge in [0.15, 0.2) is 0 Å². The third kappa shape index (κ3) is 5.36. The van der Waals surface area contributed by atoms with Gasteiger partial charge in [-0.3, -0.25) is 15.1 Å². The van der Waals surface area contributed by atoms with Crippen LogP contribution in [-0.4, -0.2) is 48.3 Å². The van der Waals surface area contributed by atoms with Gasteiger partial charge in [-0.2, -0.15) is 0 Å². The Balaban J connectivity index is 4.49. The molecule has 0 saturated carbocycles. The van der Waals surface area contributed by atoms with E-state index < -0.39 is 0 Å². The molecule has 0 heterocycles. The van der Waals surface area contributed by atoms with Crippen molar-refractivity contribution in [3.8, 4) is 0 Å². The summed E-state index contributed by atoms with van der Waals surface area (Å²) < 4.78 is 0. The molecular weight excluding hydrogens is 210 g/mol. The van der Waals surface area contributed by atoms with Crippen LogP contribution in [0.1, 0.15) is 54.4 Å². The van der Waals surface area contributed by atoms with Crippen LogP contribution < -0.4 is 5.32 Å². The number of hydrogen-bond acceptors (Lipinski definition) is 3. The monoisotopic (exact) mass is 243 g/mol. The maximum absolute atomic E-state index is 3.81. The zero-order valence-electron chi connectivity index (χ0n) is 12.8. The first-order chi connectivity index (χ1) is 8.18. The van der Waals surface area contributed by atoms with Crippen LogP contribution in [0.25, 0.3) is 0 Å². The summed E-state index contributed by atoms with van der Waals surface area (Å²) in [5, 5.41) is 3.81. The van der Waals surface area contributed by atoms with Crippen LogP contribution in [0.15, 0.2) is 0 Å². The highest BCUT2D eigenvalue weighted by Crippen LogP contribution is 2.07. The quantitative estimate of drug-likeness (QED) is 0.595. The fourth-order valence-electron chi connectivity index (χ4n) is 2.51. The standard InChI is InChI=1S/C14H33N3/c1-7-13(16(9-3)10-4)15-14(8-2)17(11-5)12-6/h13-15H,7-12H2,1-6H3.